The van der Waals surface area contributed by atoms with Crippen molar-refractivity contribution in [3.8, 4) is 17.2 Å². The average molecular weight is 770 g/mol. The number of ether oxygens (including phenoxy) is 2. The second-order valence-electron chi connectivity index (χ2n) is 16.4. The summed E-state index contributed by atoms with van der Waals surface area (Å²) in [4.78, 5) is 46.4. The highest BCUT2D eigenvalue weighted by Crippen LogP contribution is 2.50. The Hall–Kier alpha value is -5.55. The minimum atomic E-state index is -0.594. The van der Waals surface area contributed by atoms with E-state index in [0.29, 0.717) is 24.4 Å². The van der Waals surface area contributed by atoms with E-state index in [-0.39, 0.29) is 47.8 Å². The van der Waals surface area contributed by atoms with Crippen LogP contribution in [0.15, 0.2) is 84.9 Å². The smallest absolute Gasteiger partial charge is 0.255 e. The van der Waals surface area contributed by atoms with E-state index in [0.717, 1.165) is 87.0 Å². The van der Waals surface area contributed by atoms with E-state index in [4.69, 9.17) is 9.47 Å². The molecule has 4 atom stereocenters. The van der Waals surface area contributed by atoms with Crippen LogP contribution in [0.2, 0.25) is 0 Å². The second kappa shape index (κ2) is 15.4. The molecule has 5 aliphatic heterocycles. The molecule has 296 valence electrons. The summed E-state index contributed by atoms with van der Waals surface area (Å²) >= 11 is 0. The monoisotopic (exact) mass is 769 g/mol. The SMILES string of the molecule is COc1cccc(C2C(c3ccc(N4CCC(CN5CCN(c6ccc7c(c6)CN(C6CCC(=O)NC6=O)C7=O)CC5)CC4)cc3)c3ccc(O)cc3O[C@@H]2C)c1. The molecule has 11 nitrogen and oxygen atoms in total. The Balaban J connectivity index is 0.796. The summed E-state index contributed by atoms with van der Waals surface area (Å²) in [5.74, 6) is 1.78. The lowest BCUT2D eigenvalue weighted by atomic mass is 9.73. The van der Waals surface area contributed by atoms with Gasteiger partial charge >= 0.3 is 0 Å². The Morgan fingerprint density at radius 3 is 2.32 bits per heavy atom. The van der Waals surface area contributed by atoms with Gasteiger partial charge in [-0.3, -0.25) is 24.6 Å². The number of methoxy groups -OCH3 is 1. The number of imide groups is 1. The summed E-state index contributed by atoms with van der Waals surface area (Å²) in [5.41, 5.74) is 7.46. The lowest BCUT2D eigenvalue weighted by Gasteiger charge is -2.40. The summed E-state index contributed by atoms with van der Waals surface area (Å²) in [5, 5.41) is 12.7. The topological polar surface area (TPSA) is 115 Å². The number of carbonyl (C=O) groups excluding carboxylic acids is 3. The van der Waals surface area contributed by atoms with E-state index in [9.17, 15) is 19.5 Å². The Morgan fingerprint density at radius 2 is 1.56 bits per heavy atom. The van der Waals surface area contributed by atoms with Gasteiger partial charge in [0.25, 0.3) is 5.91 Å². The van der Waals surface area contributed by atoms with Crippen molar-refractivity contribution in [3.63, 3.8) is 0 Å². The lowest BCUT2D eigenvalue weighted by Crippen LogP contribution is -2.52. The minimum Gasteiger partial charge on any atom is -0.508 e. The van der Waals surface area contributed by atoms with Gasteiger partial charge in [0.2, 0.25) is 11.8 Å². The van der Waals surface area contributed by atoms with Crippen LogP contribution in [-0.4, -0.2) is 97.7 Å². The number of hydrogen-bond acceptors (Lipinski definition) is 9. The molecule has 11 heteroatoms. The maximum absolute atomic E-state index is 13.2. The third-order valence-electron chi connectivity index (χ3n) is 13.0. The van der Waals surface area contributed by atoms with Crippen molar-refractivity contribution in [2.75, 3.05) is 62.7 Å². The number of fused-ring (bicyclic) bond motifs is 2. The quantitative estimate of drug-likeness (QED) is 0.212. The number of anilines is 2. The maximum atomic E-state index is 13.2. The normalized spacial score (nSPS) is 24.2. The van der Waals surface area contributed by atoms with E-state index in [1.165, 1.54) is 16.8 Å². The summed E-state index contributed by atoms with van der Waals surface area (Å²) in [6, 6.07) is 28.4. The second-order valence-corrected chi connectivity index (χ2v) is 16.4. The summed E-state index contributed by atoms with van der Waals surface area (Å²) in [6.07, 6.45) is 2.85. The fourth-order valence-corrected chi connectivity index (χ4v) is 9.90. The third-order valence-corrected chi connectivity index (χ3v) is 13.0. The predicted octanol–water partition coefficient (Wildman–Crippen LogP) is 5.90. The van der Waals surface area contributed by atoms with Gasteiger partial charge in [0.15, 0.2) is 0 Å². The number of hydrogen-bond donors (Lipinski definition) is 2. The zero-order valence-electron chi connectivity index (χ0n) is 32.7. The van der Waals surface area contributed by atoms with Gasteiger partial charge in [-0.05, 0) is 97.3 Å². The van der Waals surface area contributed by atoms with Crippen molar-refractivity contribution in [1.82, 2.24) is 15.1 Å². The predicted molar refractivity (Wildman–Crippen MR) is 218 cm³/mol. The summed E-state index contributed by atoms with van der Waals surface area (Å²) < 4.78 is 12.0. The first-order chi connectivity index (χ1) is 27.7. The zero-order valence-corrected chi connectivity index (χ0v) is 32.7. The molecule has 0 saturated carbocycles. The average Bonchev–Trinajstić information content (AvgIpc) is 3.55. The number of phenolic OH excluding ortho intramolecular Hbond substituents is 1. The van der Waals surface area contributed by atoms with Gasteiger partial charge in [-0.2, -0.15) is 0 Å². The van der Waals surface area contributed by atoms with E-state index in [2.05, 4.69) is 69.4 Å². The van der Waals surface area contributed by atoms with E-state index < -0.39 is 6.04 Å². The summed E-state index contributed by atoms with van der Waals surface area (Å²) in [6.45, 7) is 9.58. The van der Waals surface area contributed by atoms with Crippen molar-refractivity contribution in [1.29, 1.82) is 0 Å². The molecule has 3 fully saturated rings. The Labute approximate surface area is 334 Å². The fourth-order valence-electron chi connectivity index (χ4n) is 9.90. The first kappa shape index (κ1) is 37.1. The lowest BCUT2D eigenvalue weighted by molar-refractivity contribution is -0.136. The van der Waals surface area contributed by atoms with Crippen LogP contribution in [0.1, 0.15) is 77.1 Å². The molecule has 9 rings (SSSR count). The molecule has 0 aromatic heterocycles. The molecule has 4 aromatic rings. The van der Waals surface area contributed by atoms with Crippen molar-refractivity contribution in [3.05, 3.63) is 113 Å². The molecule has 5 aliphatic rings. The first-order valence-electron chi connectivity index (χ1n) is 20.5. The van der Waals surface area contributed by atoms with E-state index in [1.54, 1.807) is 24.1 Å². The van der Waals surface area contributed by atoms with Crippen LogP contribution in [0.5, 0.6) is 17.2 Å². The van der Waals surface area contributed by atoms with Crippen molar-refractivity contribution < 1.29 is 29.0 Å². The minimum absolute atomic E-state index is 0.0546. The van der Waals surface area contributed by atoms with Gasteiger partial charge in [-0.15, -0.1) is 0 Å². The molecule has 57 heavy (non-hydrogen) atoms. The van der Waals surface area contributed by atoms with Crippen LogP contribution in [-0.2, 0) is 16.1 Å². The van der Waals surface area contributed by atoms with E-state index >= 15 is 0 Å². The Morgan fingerprint density at radius 1 is 0.807 bits per heavy atom. The van der Waals surface area contributed by atoms with Crippen molar-refractivity contribution >= 4 is 29.1 Å². The molecule has 0 radical (unpaired) electrons. The van der Waals surface area contributed by atoms with Crippen LogP contribution in [0.25, 0.3) is 0 Å². The highest BCUT2D eigenvalue weighted by atomic mass is 16.5. The van der Waals surface area contributed by atoms with Gasteiger partial charge in [0.1, 0.15) is 29.4 Å². The number of benzene rings is 4. The number of nitrogens with zero attached hydrogens (tertiary/aromatic N) is 4. The number of piperidine rings is 2. The number of aromatic hydroxyl groups is 1. The molecular weight excluding hydrogens is 719 g/mol. The van der Waals surface area contributed by atoms with Crippen LogP contribution in [0.4, 0.5) is 11.4 Å². The van der Waals surface area contributed by atoms with Crippen LogP contribution in [0, 0.1) is 5.92 Å². The molecule has 4 aromatic carbocycles. The first-order valence-corrected chi connectivity index (χ1v) is 20.5. The Kier molecular flexibility index (Phi) is 10.0. The highest BCUT2D eigenvalue weighted by Gasteiger charge is 2.40. The number of phenols is 1. The Bertz CT molecular complexity index is 2160. The third kappa shape index (κ3) is 7.29. The van der Waals surface area contributed by atoms with Crippen molar-refractivity contribution in [2.45, 2.75) is 63.1 Å². The number of nitrogens with one attached hydrogen (secondary N) is 1. The summed E-state index contributed by atoms with van der Waals surface area (Å²) in [7, 11) is 1.70. The number of carbonyl (C=O) groups is 3. The molecule has 0 spiro atoms. The van der Waals surface area contributed by atoms with Crippen LogP contribution in [0.3, 0.4) is 0 Å². The number of amides is 3. The molecule has 5 heterocycles. The number of rotatable bonds is 8. The molecule has 2 N–H and O–H groups in total. The number of piperazine rings is 1. The maximum Gasteiger partial charge on any atom is 0.255 e. The molecule has 3 unspecified atom stereocenters. The standard InChI is InChI=1S/C46H51N5O6/c1-29-43(32-4-3-5-37(25-32)56-2)44(39-13-11-36(52)26-41(39)57-29)31-6-8-34(9-7-31)49-18-16-30(17-19-49)27-48-20-22-50(23-21-48)35-10-12-38-33(24-35)28-51(46(38)55)40-14-15-42(53)47-45(40)54/h3-13,24-26,29-30,40,43-44,52H,14-23,27-28H2,1-2H3,(H,47,53,54)/t29-,40?,43?,44?/m1/s1. The van der Waals surface area contributed by atoms with Gasteiger partial charge < -0.3 is 29.3 Å². The van der Waals surface area contributed by atoms with Crippen LogP contribution < -0.4 is 24.6 Å². The van der Waals surface area contributed by atoms with Gasteiger partial charge in [-0.1, -0.05) is 30.3 Å². The van der Waals surface area contributed by atoms with Gasteiger partial charge in [-0.25, -0.2) is 0 Å². The molecule has 0 bridgehead atoms. The van der Waals surface area contributed by atoms with Crippen molar-refractivity contribution in [2.24, 2.45) is 5.92 Å². The van der Waals surface area contributed by atoms with Gasteiger partial charge in [0.05, 0.1) is 7.11 Å². The fraction of sp³-hybridized carbons (Fsp3) is 0.413. The highest BCUT2D eigenvalue weighted by molar-refractivity contribution is 6.05. The molecular formula is C46H51N5O6. The molecule has 3 amide bonds. The van der Waals surface area contributed by atoms with E-state index in [1.807, 2.05) is 30.3 Å². The largest absolute Gasteiger partial charge is 0.508 e. The van der Waals surface area contributed by atoms with Crippen LogP contribution >= 0.6 is 0 Å². The molecule has 0 aliphatic carbocycles. The zero-order chi connectivity index (χ0) is 39.2. The molecule has 3 saturated heterocycles. The van der Waals surface area contributed by atoms with Gasteiger partial charge in [0, 0.05) is 99.2 Å².